The van der Waals surface area contributed by atoms with E-state index >= 15 is 0 Å². The summed E-state index contributed by atoms with van der Waals surface area (Å²) in [6, 6.07) is 8.55. The molecule has 0 amide bonds. The maximum absolute atomic E-state index is 6.14. The second kappa shape index (κ2) is 8.94. The molecule has 2 atom stereocenters. The molecular formula is C16H27NO2. The van der Waals surface area contributed by atoms with E-state index in [0.29, 0.717) is 12.6 Å². The predicted octanol–water partition coefficient (Wildman–Crippen LogP) is 3.38. The Labute approximate surface area is 117 Å². The summed E-state index contributed by atoms with van der Waals surface area (Å²) in [5.74, 6) is 0.928. The van der Waals surface area contributed by atoms with Crippen LogP contribution in [-0.4, -0.2) is 26.3 Å². The van der Waals surface area contributed by atoms with Crippen molar-refractivity contribution in [3.05, 3.63) is 29.8 Å². The van der Waals surface area contributed by atoms with Gasteiger partial charge in [0.05, 0.1) is 6.61 Å². The number of likely N-dealkylation sites (N-methyl/N-ethyl adjacent to an activating group) is 1. The van der Waals surface area contributed by atoms with Gasteiger partial charge < -0.3 is 14.8 Å². The lowest BCUT2D eigenvalue weighted by Crippen LogP contribution is -2.40. The minimum absolute atomic E-state index is 0.211. The zero-order valence-corrected chi connectivity index (χ0v) is 12.6. The third-order valence-electron chi connectivity index (χ3n) is 3.32. The fraction of sp³-hybridized carbons (Fsp3) is 0.625. The van der Waals surface area contributed by atoms with Gasteiger partial charge in [0.15, 0.2) is 0 Å². The first-order valence-corrected chi connectivity index (χ1v) is 7.16. The number of nitrogens with one attached hydrogen (secondary N) is 1. The number of hydrogen-bond donors (Lipinski definition) is 1. The Morgan fingerprint density at radius 2 is 2.05 bits per heavy atom. The SMILES string of the molecule is CCCC(NC)C(CC)Oc1cccc(COC)c1. The lowest BCUT2D eigenvalue weighted by atomic mass is 10.0. The molecule has 2 unspecified atom stereocenters. The van der Waals surface area contributed by atoms with Crippen LogP contribution in [0.15, 0.2) is 24.3 Å². The molecule has 0 fully saturated rings. The molecule has 0 spiro atoms. The maximum Gasteiger partial charge on any atom is 0.120 e. The summed E-state index contributed by atoms with van der Waals surface area (Å²) in [6.45, 7) is 5.00. The van der Waals surface area contributed by atoms with Gasteiger partial charge in [-0.25, -0.2) is 0 Å². The van der Waals surface area contributed by atoms with E-state index < -0.39 is 0 Å². The van der Waals surface area contributed by atoms with E-state index in [9.17, 15) is 0 Å². The van der Waals surface area contributed by atoms with Crippen LogP contribution in [0.4, 0.5) is 0 Å². The average molecular weight is 265 g/mol. The van der Waals surface area contributed by atoms with Gasteiger partial charge in [0.25, 0.3) is 0 Å². The highest BCUT2D eigenvalue weighted by Crippen LogP contribution is 2.19. The van der Waals surface area contributed by atoms with Crippen LogP contribution in [0.1, 0.15) is 38.7 Å². The van der Waals surface area contributed by atoms with Crippen LogP contribution in [0.5, 0.6) is 5.75 Å². The molecular weight excluding hydrogens is 238 g/mol. The standard InChI is InChI=1S/C16H27NO2/c1-5-8-15(17-3)16(6-2)19-14-10-7-9-13(11-14)12-18-4/h7,9-11,15-17H,5-6,8,12H2,1-4H3. The first-order valence-electron chi connectivity index (χ1n) is 7.16. The van der Waals surface area contributed by atoms with Crippen molar-refractivity contribution in [1.29, 1.82) is 0 Å². The Hall–Kier alpha value is -1.06. The van der Waals surface area contributed by atoms with Crippen LogP contribution in [-0.2, 0) is 11.3 Å². The zero-order valence-electron chi connectivity index (χ0n) is 12.6. The van der Waals surface area contributed by atoms with E-state index in [1.807, 2.05) is 19.2 Å². The Balaban J connectivity index is 2.71. The van der Waals surface area contributed by atoms with Crippen molar-refractivity contribution < 1.29 is 9.47 Å². The summed E-state index contributed by atoms with van der Waals surface area (Å²) < 4.78 is 11.3. The molecule has 108 valence electrons. The largest absolute Gasteiger partial charge is 0.489 e. The lowest BCUT2D eigenvalue weighted by molar-refractivity contribution is 0.145. The van der Waals surface area contributed by atoms with Crippen LogP contribution in [0.2, 0.25) is 0 Å². The Morgan fingerprint density at radius 3 is 2.63 bits per heavy atom. The Bertz CT molecular complexity index is 354. The third-order valence-corrected chi connectivity index (χ3v) is 3.32. The van der Waals surface area contributed by atoms with Crippen molar-refractivity contribution in [1.82, 2.24) is 5.32 Å². The molecule has 0 aliphatic rings. The molecule has 0 aliphatic heterocycles. The topological polar surface area (TPSA) is 30.5 Å². The highest BCUT2D eigenvalue weighted by atomic mass is 16.5. The van der Waals surface area contributed by atoms with Gasteiger partial charge in [-0.3, -0.25) is 0 Å². The van der Waals surface area contributed by atoms with Crippen molar-refractivity contribution in [2.45, 2.75) is 51.9 Å². The number of rotatable bonds is 9. The molecule has 0 saturated carbocycles. The molecule has 19 heavy (non-hydrogen) atoms. The summed E-state index contributed by atoms with van der Waals surface area (Å²) in [6.07, 6.45) is 3.50. The van der Waals surface area contributed by atoms with Gasteiger partial charge >= 0.3 is 0 Å². The molecule has 3 heteroatoms. The number of ether oxygens (including phenoxy) is 2. The van der Waals surface area contributed by atoms with Crippen molar-refractivity contribution in [2.75, 3.05) is 14.2 Å². The van der Waals surface area contributed by atoms with Crippen LogP contribution in [0.3, 0.4) is 0 Å². The number of hydrogen-bond acceptors (Lipinski definition) is 3. The number of benzene rings is 1. The van der Waals surface area contributed by atoms with E-state index in [2.05, 4.69) is 31.3 Å². The van der Waals surface area contributed by atoms with Crippen LogP contribution in [0, 0.1) is 0 Å². The van der Waals surface area contributed by atoms with Gasteiger partial charge in [0.1, 0.15) is 11.9 Å². The molecule has 1 aromatic carbocycles. The molecule has 1 rings (SSSR count). The zero-order chi connectivity index (χ0) is 14.1. The van der Waals surface area contributed by atoms with Crippen LogP contribution >= 0.6 is 0 Å². The molecule has 3 nitrogen and oxygen atoms in total. The first kappa shape index (κ1) is 16.0. The molecule has 0 radical (unpaired) electrons. The van der Waals surface area contributed by atoms with Gasteiger partial charge in [-0.15, -0.1) is 0 Å². The van der Waals surface area contributed by atoms with Gasteiger partial charge in [0, 0.05) is 13.2 Å². The van der Waals surface area contributed by atoms with E-state index in [1.54, 1.807) is 7.11 Å². The quantitative estimate of drug-likeness (QED) is 0.742. The van der Waals surface area contributed by atoms with Gasteiger partial charge in [-0.1, -0.05) is 32.4 Å². The molecule has 0 saturated heterocycles. The molecule has 1 N–H and O–H groups in total. The minimum atomic E-state index is 0.211. The fourth-order valence-electron chi connectivity index (χ4n) is 2.33. The maximum atomic E-state index is 6.14. The van der Waals surface area contributed by atoms with E-state index in [0.717, 1.165) is 30.6 Å². The lowest BCUT2D eigenvalue weighted by Gasteiger charge is -2.26. The summed E-state index contributed by atoms with van der Waals surface area (Å²) in [5, 5.41) is 3.36. The predicted molar refractivity (Wildman–Crippen MR) is 79.6 cm³/mol. The van der Waals surface area contributed by atoms with Gasteiger partial charge in [-0.2, -0.15) is 0 Å². The van der Waals surface area contributed by atoms with E-state index in [1.165, 1.54) is 0 Å². The summed E-state index contributed by atoms with van der Waals surface area (Å²) >= 11 is 0. The van der Waals surface area contributed by atoms with E-state index in [4.69, 9.17) is 9.47 Å². The van der Waals surface area contributed by atoms with Crippen molar-refractivity contribution >= 4 is 0 Å². The highest BCUT2D eigenvalue weighted by molar-refractivity contribution is 5.28. The van der Waals surface area contributed by atoms with Crippen molar-refractivity contribution in [3.8, 4) is 5.75 Å². The molecule has 0 bridgehead atoms. The summed E-state index contributed by atoms with van der Waals surface area (Å²) in [7, 11) is 3.72. The average Bonchev–Trinajstić information content (AvgIpc) is 2.43. The number of methoxy groups -OCH3 is 1. The van der Waals surface area contributed by atoms with Crippen molar-refractivity contribution in [2.24, 2.45) is 0 Å². The summed E-state index contributed by atoms with van der Waals surface area (Å²) in [4.78, 5) is 0. The minimum Gasteiger partial charge on any atom is -0.489 e. The van der Waals surface area contributed by atoms with E-state index in [-0.39, 0.29) is 6.10 Å². The Kier molecular flexibility index (Phi) is 7.53. The monoisotopic (exact) mass is 265 g/mol. The first-order chi connectivity index (χ1) is 9.24. The molecule has 0 aliphatic carbocycles. The van der Waals surface area contributed by atoms with Crippen LogP contribution < -0.4 is 10.1 Å². The molecule has 1 aromatic rings. The highest BCUT2D eigenvalue weighted by Gasteiger charge is 2.19. The Morgan fingerprint density at radius 1 is 1.26 bits per heavy atom. The second-order valence-corrected chi connectivity index (χ2v) is 4.83. The van der Waals surface area contributed by atoms with Crippen LogP contribution in [0.25, 0.3) is 0 Å². The molecule has 0 aromatic heterocycles. The van der Waals surface area contributed by atoms with Gasteiger partial charge in [0.2, 0.25) is 0 Å². The fourth-order valence-corrected chi connectivity index (χ4v) is 2.33. The normalized spacial score (nSPS) is 14.1. The second-order valence-electron chi connectivity index (χ2n) is 4.83. The summed E-state index contributed by atoms with van der Waals surface area (Å²) in [5.41, 5.74) is 1.14. The smallest absolute Gasteiger partial charge is 0.120 e. The third kappa shape index (κ3) is 5.21. The van der Waals surface area contributed by atoms with Gasteiger partial charge in [-0.05, 0) is 37.6 Å². The molecule has 0 heterocycles. The van der Waals surface area contributed by atoms with Crippen molar-refractivity contribution in [3.63, 3.8) is 0 Å².